The second-order valence-electron chi connectivity index (χ2n) is 5.59. The van der Waals surface area contributed by atoms with Crippen LogP contribution in [0.3, 0.4) is 0 Å². The van der Waals surface area contributed by atoms with Crippen molar-refractivity contribution in [1.29, 1.82) is 0 Å². The van der Waals surface area contributed by atoms with E-state index in [9.17, 15) is 4.79 Å². The van der Waals surface area contributed by atoms with Gasteiger partial charge in [-0.25, -0.2) is 0 Å². The summed E-state index contributed by atoms with van der Waals surface area (Å²) in [5.41, 5.74) is 7.67. The van der Waals surface area contributed by atoms with Crippen molar-refractivity contribution in [3.63, 3.8) is 0 Å². The number of ether oxygens (including phenoxy) is 1. The highest BCUT2D eigenvalue weighted by atomic mass is 16.5. The Kier molecular flexibility index (Phi) is 6.21. The summed E-state index contributed by atoms with van der Waals surface area (Å²) in [6, 6.07) is 7.96. The van der Waals surface area contributed by atoms with Gasteiger partial charge in [0.1, 0.15) is 0 Å². The molecule has 1 aliphatic heterocycles. The van der Waals surface area contributed by atoms with Gasteiger partial charge in [-0.05, 0) is 43.4 Å². The van der Waals surface area contributed by atoms with E-state index in [0.29, 0.717) is 13.0 Å². The predicted octanol–water partition coefficient (Wildman–Crippen LogP) is 2.85. The Morgan fingerprint density at radius 1 is 1.38 bits per heavy atom. The molecule has 2 N–H and O–H groups in total. The Bertz CT molecular complexity index is 439. The maximum Gasteiger partial charge on any atom is 0.227 e. The number of hydrogen-bond donors (Lipinski definition) is 1. The minimum absolute atomic E-state index is 0.188. The van der Waals surface area contributed by atoms with Crippen LogP contribution in [0.25, 0.3) is 0 Å². The second kappa shape index (κ2) is 8.15. The molecule has 4 nitrogen and oxygen atoms in total. The fourth-order valence-corrected chi connectivity index (χ4v) is 2.72. The largest absolute Gasteiger partial charge is 0.378 e. The second-order valence-corrected chi connectivity index (χ2v) is 5.59. The van der Waals surface area contributed by atoms with E-state index in [-0.39, 0.29) is 12.0 Å². The van der Waals surface area contributed by atoms with Crippen LogP contribution in [0.2, 0.25) is 0 Å². The van der Waals surface area contributed by atoms with Gasteiger partial charge in [-0.3, -0.25) is 4.79 Å². The molecular weight excluding hydrogens is 264 g/mol. The predicted molar refractivity (Wildman–Crippen MR) is 85.2 cm³/mol. The number of benzene rings is 1. The van der Waals surface area contributed by atoms with E-state index in [1.54, 1.807) is 0 Å². The summed E-state index contributed by atoms with van der Waals surface area (Å²) in [6.07, 6.45) is 4.83. The first-order valence-electron chi connectivity index (χ1n) is 7.95. The molecule has 1 saturated heterocycles. The minimum atomic E-state index is 0.188. The molecule has 1 aromatic rings. The fraction of sp³-hybridized carbons (Fsp3) is 0.588. The monoisotopic (exact) mass is 290 g/mol. The molecule has 0 aliphatic carbocycles. The third-order valence-corrected chi connectivity index (χ3v) is 3.94. The standard InChI is InChI=1S/C17H26N2O2/c1-2-11-19(15-7-5-14(13-18)6-8-15)17(20)10-9-16-4-3-12-21-16/h5-8,16H,2-4,9-13,18H2,1H3. The molecule has 1 fully saturated rings. The molecule has 4 heteroatoms. The molecule has 0 bridgehead atoms. The number of anilines is 1. The van der Waals surface area contributed by atoms with Crippen LogP contribution in [0.5, 0.6) is 0 Å². The Labute approximate surface area is 127 Å². The average Bonchev–Trinajstić information content (AvgIpc) is 3.04. The summed E-state index contributed by atoms with van der Waals surface area (Å²) in [6.45, 7) is 4.22. The molecular formula is C17H26N2O2. The van der Waals surface area contributed by atoms with E-state index in [2.05, 4.69) is 6.92 Å². The van der Waals surface area contributed by atoms with Crippen molar-refractivity contribution in [2.75, 3.05) is 18.1 Å². The fourth-order valence-electron chi connectivity index (χ4n) is 2.72. The van der Waals surface area contributed by atoms with Crippen LogP contribution in [0.1, 0.15) is 44.6 Å². The van der Waals surface area contributed by atoms with Gasteiger partial charge in [-0.2, -0.15) is 0 Å². The third kappa shape index (κ3) is 4.55. The number of nitrogens with two attached hydrogens (primary N) is 1. The van der Waals surface area contributed by atoms with Crippen molar-refractivity contribution >= 4 is 11.6 Å². The molecule has 0 saturated carbocycles. The third-order valence-electron chi connectivity index (χ3n) is 3.94. The van der Waals surface area contributed by atoms with E-state index < -0.39 is 0 Å². The first-order chi connectivity index (χ1) is 10.2. The van der Waals surface area contributed by atoms with Crippen molar-refractivity contribution in [1.82, 2.24) is 0 Å². The van der Waals surface area contributed by atoms with Gasteiger partial charge in [0.2, 0.25) is 5.91 Å². The molecule has 1 unspecified atom stereocenters. The molecule has 21 heavy (non-hydrogen) atoms. The van der Waals surface area contributed by atoms with Crippen LogP contribution in [-0.4, -0.2) is 25.2 Å². The maximum absolute atomic E-state index is 12.5. The first kappa shape index (κ1) is 16.0. The van der Waals surface area contributed by atoms with Crippen molar-refractivity contribution in [2.24, 2.45) is 5.73 Å². The normalized spacial score (nSPS) is 17.9. The smallest absolute Gasteiger partial charge is 0.227 e. The summed E-state index contributed by atoms with van der Waals surface area (Å²) in [5, 5.41) is 0. The number of hydrogen-bond acceptors (Lipinski definition) is 3. The molecule has 1 aromatic carbocycles. The van der Waals surface area contributed by atoms with E-state index in [1.807, 2.05) is 29.2 Å². The van der Waals surface area contributed by atoms with Gasteiger partial charge in [0.15, 0.2) is 0 Å². The minimum Gasteiger partial charge on any atom is -0.378 e. The molecule has 0 spiro atoms. The first-order valence-corrected chi connectivity index (χ1v) is 7.95. The van der Waals surface area contributed by atoms with E-state index in [4.69, 9.17) is 10.5 Å². The average molecular weight is 290 g/mol. The number of amides is 1. The number of carbonyl (C=O) groups excluding carboxylic acids is 1. The van der Waals surface area contributed by atoms with Crippen molar-refractivity contribution in [2.45, 2.75) is 51.7 Å². The Balaban J connectivity index is 1.96. The van der Waals surface area contributed by atoms with E-state index >= 15 is 0 Å². The lowest BCUT2D eigenvalue weighted by molar-refractivity contribution is -0.119. The van der Waals surface area contributed by atoms with Gasteiger partial charge in [0.25, 0.3) is 0 Å². The van der Waals surface area contributed by atoms with Gasteiger partial charge in [-0.1, -0.05) is 19.1 Å². The zero-order valence-electron chi connectivity index (χ0n) is 12.9. The highest BCUT2D eigenvalue weighted by molar-refractivity contribution is 5.93. The lowest BCUT2D eigenvalue weighted by Gasteiger charge is -2.23. The van der Waals surface area contributed by atoms with Gasteiger partial charge in [-0.15, -0.1) is 0 Å². The Morgan fingerprint density at radius 2 is 2.14 bits per heavy atom. The lowest BCUT2D eigenvalue weighted by Crippen LogP contribution is -2.32. The van der Waals surface area contributed by atoms with Crippen molar-refractivity contribution in [3.05, 3.63) is 29.8 Å². The van der Waals surface area contributed by atoms with Crippen LogP contribution in [-0.2, 0) is 16.1 Å². The molecule has 2 rings (SSSR count). The van der Waals surface area contributed by atoms with Crippen LogP contribution in [0, 0.1) is 0 Å². The summed E-state index contributed by atoms with van der Waals surface area (Å²) >= 11 is 0. The highest BCUT2D eigenvalue weighted by Crippen LogP contribution is 2.20. The SMILES string of the molecule is CCCN(C(=O)CCC1CCCO1)c1ccc(CN)cc1. The van der Waals surface area contributed by atoms with Crippen LogP contribution < -0.4 is 10.6 Å². The molecule has 1 atom stereocenters. The molecule has 1 aliphatic rings. The zero-order chi connectivity index (χ0) is 15.1. The Hall–Kier alpha value is -1.39. The highest BCUT2D eigenvalue weighted by Gasteiger charge is 2.20. The molecule has 0 aromatic heterocycles. The summed E-state index contributed by atoms with van der Waals surface area (Å²) in [7, 11) is 0. The summed E-state index contributed by atoms with van der Waals surface area (Å²) in [4.78, 5) is 14.4. The maximum atomic E-state index is 12.5. The van der Waals surface area contributed by atoms with Gasteiger partial charge in [0.05, 0.1) is 6.10 Å². The van der Waals surface area contributed by atoms with Crippen molar-refractivity contribution in [3.8, 4) is 0 Å². The molecule has 1 heterocycles. The quantitative estimate of drug-likeness (QED) is 0.840. The number of rotatable bonds is 7. The van der Waals surface area contributed by atoms with Crippen LogP contribution >= 0.6 is 0 Å². The van der Waals surface area contributed by atoms with Gasteiger partial charge >= 0.3 is 0 Å². The number of nitrogens with zero attached hydrogens (tertiary/aromatic N) is 1. The Morgan fingerprint density at radius 3 is 2.71 bits per heavy atom. The molecule has 1 amide bonds. The molecule has 0 radical (unpaired) electrons. The van der Waals surface area contributed by atoms with Crippen LogP contribution in [0.4, 0.5) is 5.69 Å². The van der Waals surface area contributed by atoms with Crippen molar-refractivity contribution < 1.29 is 9.53 Å². The van der Waals surface area contributed by atoms with E-state index in [0.717, 1.165) is 50.1 Å². The van der Waals surface area contributed by atoms with Gasteiger partial charge in [0, 0.05) is 31.8 Å². The zero-order valence-corrected chi connectivity index (χ0v) is 12.9. The van der Waals surface area contributed by atoms with E-state index in [1.165, 1.54) is 0 Å². The molecule has 116 valence electrons. The summed E-state index contributed by atoms with van der Waals surface area (Å²) < 4.78 is 5.59. The number of carbonyl (C=O) groups is 1. The van der Waals surface area contributed by atoms with Gasteiger partial charge < -0.3 is 15.4 Å². The summed E-state index contributed by atoms with van der Waals surface area (Å²) in [5.74, 6) is 0.188. The van der Waals surface area contributed by atoms with Crippen LogP contribution in [0.15, 0.2) is 24.3 Å². The lowest BCUT2D eigenvalue weighted by atomic mass is 10.1. The topological polar surface area (TPSA) is 55.6 Å².